The van der Waals surface area contributed by atoms with Crippen molar-refractivity contribution in [2.24, 2.45) is 0 Å². The molecule has 2 aromatic carbocycles. The van der Waals surface area contributed by atoms with Crippen molar-refractivity contribution in [2.75, 3.05) is 0 Å². The average molecular weight is 254 g/mol. The number of rotatable bonds is 0. The van der Waals surface area contributed by atoms with Gasteiger partial charge in [0.25, 0.3) is 0 Å². The second-order valence-corrected chi connectivity index (χ2v) is 5.24. The van der Waals surface area contributed by atoms with Gasteiger partial charge >= 0.3 is 0 Å². The van der Waals surface area contributed by atoms with Crippen LogP contribution in [0.15, 0.2) is 36.4 Å². The van der Waals surface area contributed by atoms with Gasteiger partial charge in [0.2, 0.25) is 0 Å². The first-order valence-electron chi connectivity index (χ1n) is 6.88. The normalized spacial score (nSPS) is 14.7. The van der Waals surface area contributed by atoms with Crippen LogP contribution >= 0.6 is 0 Å². The van der Waals surface area contributed by atoms with Crippen molar-refractivity contribution >= 4 is 0 Å². The fourth-order valence-electron chi connectivity index (χ4n) is 2.91. The second kappa shape index (κ2) is 4.96. The van der Waals surface area contributed by atoms with E-state index in [4.69, 9.17) is 0 Å². The van der Waals surface area contributed by atoms with Gasteiger partial charge in [-0.15, -0.1) is 0 Å². The molecule has 0 fully saturated rings. The minimum Gasteiger partial charge on any atom is -0.508 e. The molecule has 1 aliphatic carbocycles. The van der Waals surface area contributed by atoms with Crippen LogP contribution in [-0.4, -0.2) is 10.2 Å². The summed E-state index contributed by atoms with van der Waals surface area (Å²) in [6.07, 6.45) is 5.49. The van der Waals surface area contributed by atoms with Crippen LogP contribution < -0.4 is 0 Å². The first-order valence-corrected chi connectivity index (χ1v) is 6.88. The number of aryl methyl sites for hydroxylation is 2. The quantitative estimate of drug-likeness (QED) is 0.745. The van der Waals surface area contributed by atoms with E-state index in [1.165, 1.54) is 28.7 Å². The number of phenolic OH excluding ortho intramolecular Hbond substituents is 2. The van der Waals surface area contributed by atoms with E-state index >= 15 is 0 Å². The summed E-state index contributed by atoms with van der Waals surface area (Å²) in [5, 5.41) is 19.3. The molecule has 0 saturated heterocycles. The third kappa shape index (κ3) is 2.43. The van der Waals surface area contributed by atoms with Crippen molar-refractivity contribution in [1.29, 1.82) is 0 Å². The molecule has 0 atom stereocenters. The summed E-state index contributed by atoms with van der Waals surface area (Å²) in [6, 6.07) is 11.2. The summed E-state index contributed by atoms with van der Waals surface area (Å²) in [5.41, 5.74) is 4.78. The number of phenols is 2. The highest BCUT2D eigenvalue weighted by Crippen LogP contribution is 2.34. The first kappa shape index (κ1) is 12.1. The SMILES string of the molecule is Oc1ccc2c(c1)CCCCCc1cc(O)ccc1-2. The largest absolute Gasteiger partial charge is 0.508 e. The summed E-state index contributed by atoms with van der Waals surface area (Å²) >= 11 is 0. The molecule has 0 radical (unpaired) electrons. The molecule has 0 heterocycles. The number of aromatic hydroxyl groups is 2. The van der Waals surface area contributed by atoms with Crippen molar-refractivity contribution in [3.05, 3.63) is 47.5 Å². The van der Waals surface area contributed by atoms with Crippen molar-refractivity contribution < 1.29 is 10.2 Å². The lowest BCUT2D eigenvalue weighted by atomic mass is 9.93. The molecule has 0 aromatic heterocycles. The third-order valence-electron chi connectivity index (χ3n) is 3.86. The maximum Gasteiger partial charge on any atom is 0.115 e. The van der Waals surface area contributed by atoms with Crippen molar-refractivity contribution in [2.45, 2.75) is 32.1 Å². The number of hydrogen-bond donors (Lipinski definition) is 2. The van der Waals surface area contributed by atoms with E-state index in [0.717, 1.165) is 25.7 Å². The summed E-state index contributed by atoms with van der Waals surface area (Å²) in [6.45, 7) is 0. The number of hydrogen-bond acceptors (Lipinski definition) is 2. The van der Waals surface area contributed by atoms with E-state index in [2.05, 4.69) is 0 Å². The van der Waals surface area contributed by atoms with E-state index in [1.54, 1.807) is 12.1 Å². The highest BCUT2D eigenvalue weighted by molar-refractivity contribution is 5.72. The fraction of sp³-hybridized carbons (Fsp3) is 0.294. The highest BCUT2D eigenvalue weighted by Gasteiger charge is 2.13. The third-order valence-corrected chi connectivity index (χ3v) is 3.86. The molecule has 98 valence electrons. The van der Waals surface area contributed by atoms with Crippen LogP contribution in [0.5, 0.6) is 11.5 Å². The Bertz CT molecular complexity index is 549. The van der Waals surface area contributed by atoms with Gasteiger partial charge in [-0.2, -0.15) is 0 Å². The number of fused-ring (bicyclic) bond motifs is 3. The van der Waals surface area contributed by atoms with Crippen molar-refractivity contribution in [1.82, 2.24) is 0 Å². The molecule has 0 saturated carbocycles. The first-order chi connectivity index (χ1) is 9.24. The molecule has 2 N–H and O–H groups in total. The Morgan fingerprint density at radius 3 is 1.58 bits per heavy atom. The molecule has 19 heavy (non-hydrogen) atoms. The van der Waals surface area contributed by atoms with Crippen LogP contribution in [-0.2, 0) is 12.8 Å². The maximum atomic E-state index is 9.67. The van der Waals surface area contributed by atoms with Crippen LogP contribution in [0.3, 0.4) is 0 Å². The molecule has 0 unspecified atom stereocenters. The lowest BCUT2D eigenvalue weighted by Crippen LogP contribution is -1.92. The van der Waals surface area contributed by atoms with E-state index in [-0.39, 0.29) is 0 Å². The van der Waals surface area contributed by atoms with Crippen molar-refractivity contribution in [3.8, 4) is 22.6 Å². The van der Waals surface area contributed by atoms with Crippen LogP contribution in [0.2, 0.25) is 0 Å². The fourth-order valence-corrected chi connectivity index (χ4v) is 2.91. The molecule has 2 aromatic rings. The molecule has 2 heteroatoms. The van der Waals surface area contributed by atoms with E-state index < -0.39 is 0 Å². The molecule has 1 aliphatic rings. The monoisotopic (exact) mass is 254 g/mol. The Balaban J connectivity index is 2.19. The molecule has 0 aliphatic heterocycles. The molecule has 0 spiro atoms. The van der Waals surface area contributed by atoms with E-state index in [9.17, 15) is 10.2 Å². The van der Waals surface area contributed by atoms with Crippen LogP contribution in [0, 0.1) is 0 Å². The topological polar surface area (TPSA) is 40.5 Å². The Kier molecular flexibility index (Phi) is 3.16. The van der Waals surface area contributed by atoms with Gasteiger partial charge in [0.1, 0.15) is 11.5 Å². The Hall–Kier alpha value is -1.96. The lowest BCUT2D eigenvalue weighted by Gasteiger charge is -2.13. The zero-order chi connectivity index (χ0) is 13.2. The van der Waals surface area contributed by atoms with E-state index in [0.29, 0.717) is 11.5 Å². The molecule has 0 bridgehead atoms. The second-order valence-electron chi connectivity index (χ2n) is 5.24. The Morgan fingerprint density at radius 1 is 0.632 bits per heavy atom. The summed E-state index contributed by atoms with van der Waals surface area (Å²) in [5.74, 6) is 0.664. The van der Waals surface area contributed by atoms with Gasteiger partial charge in [-0.25, -0.2) is 0 Å². The zero-order valence-corrected chi connectivity index (χ0v) is 10.9. The summed E-state index contributed by atoms with van der Waals surface area (Å²) in [4.78, 5) is 0. The van der Waals surface area contributed by atoms with Crippen LogP contribution in [0.4, 0.5) is 0 Å². The van der Waals surface area contributed by atoms with Crippen LogP contribution in [0.25, 0.3) is 11.1 Å². The minimum absolute atomic E-state index is 0.332. The standard InChI is InChI=1S/C17H18O2/c18-14-6-8-16-12(10-14)4-2-1-3-5-13-11-15(19)7-9-17(13)16/h6-11,18-19H,1-5H2. The minimum atomic E-state index is 0.332. The van der Waals surface area contributed by atoms with Gasteiger partial charge in [-0.3, -0.25) is 0 Å². The molecular weight excluding hydrogens is 236 g/mol. The number of benzene rings is 2. The van der Waals surface area contributed by atoms with Gasteiger partial charge in [0.05, 0.1) is 0 Å². The van der Waals surface area contributed by atoms with Gasteiger partial charge < -0.3 is 10.2 Å². The molecule has 3 rings (SSSR count). The predicted octanol–water partition coefficient (Wildman–Crippen LogP) is 4.03. The highest BCUT2D eigenvalue weighted by atomic mass is 16.3. The van der Waals surface area contributed by atoms with Gasteiger partial charge in [0, 0.05) is 0 Å². The molecule has 0 amide bonds. The lowest BCUT2D eigenvalue weighted by molar-refractivity contribution is 0.474. The zero-order valence-electron chi connectivity index (χ0n) is 10.9. The van der Waals surface area contributed by atoms with Crippen LogP contribution in [0.1, 0.15) is 30.4 Å². The maximum absolute atomic E-state index is 9.67. The van der Waals surface area contributed by atoms with Gasteiger partial charge in [-0.05, 0) is 72.2 Å². The predicted molar refractivity (Wildman–Crippen MR) is 76.5 cm³/mol. The average Bonchev–Trinajstić information content (AvgIpc) is 2.47. The van der Waals surface area contributed by atoms with Gasteiger partial charge in [-0.1, -0.05) is 18.6 Å². The Morgan fingerprint density at radius 2 is 1.11 bits per heavy atom. The summed E-state index contributed by atoms with van der Waals surface area (Å²) < 4.78 is 0. The van der Waals surface area contributed by atoms with Crippen molar-refractivity contribution in [3.63, 3.8) is 0 Å². The Labute approximate surface area is 113 Å². The smallest absolute Gasteiger partial charge is 0.115 e. The molecule has 2 nitrogen and oxygen atoms in total. The van der Waals surface area contributed by atoms with Gasteiger partial charge in [0.15, 0.2) is 0 Å². The van der Waals surface area contributed by atoms with E-state index in [1.807, 2.05) is 24.3 Å². The summed E-state index contributed by atoms with van der Waals surface area (Å²) in [7, 11) is 0. The molecular formula is C17H18O2.